The molecule has 0 spiro atoms. The average Bonchev–Trinajstić information content (AvgIpc) is 3.61. The zero-order chi connectivity index (χ0) is 33.3. The van der Waals surface area contributed by atoms with Crippen LogP contribution in [-0.2, 0) is 32.1 Å². The van der Waals surface area contributed by atoms with Gasteiger partial charge in [-0.05, 0) is 0 Å². The molecule has 46 heavy (non-hydrogen) atoms. The molecule has 0 heterocycles. The van der Waals surface area contributed by atoms with Crippen molar-refractivity contribution in [3.63, 3.8) is 0 Å². The Morgan fingerprint density at radius 3 is 1.50 bits per heavy atom. The standard InChI is InChI=1S/C21H25.C15H10Cl4.C5H5.Zr/c1-20(2,3)16-9-7-14-11-15-8-10-17(21(4,5)6)13-19(15)18(14)12-16;1-8-10(4-12(16)6-14(8)18)3-11-5-13(17)7-15(19)9(11)2;1-2-4-5-3-1;/h7-13H,1-6H3;4-7H,1-2H3;1-3H,4H2;. The van der Waals surface area contributed by atoms with Crippen molar-refractivity contribution < 1.29 is 21.3 Å². The average molecular weight is 766 g/mol. The van der Waals surface area contributed by atoms with Crippen LogP contribution in [0.5, 0.6) is 0 Å². The number of halogens is 4. The van der Waals surface area contributed by atoms with Gasteiger partial charge in [0, 0.05) is 0 Å². The number of hydrogen-bond acceptors (Lipinski definition) is 0. The minimum absolute atomic E-state index is 0.0367. The van der Waals surface area contributed by atoms with Crippen molar-refractivity contribution in [2.45, 2.75) is 76.3 Å². The van der Waals surface area contributed by atoms with Gasteiger partial charge in [-0.3, -0.25) is 0 Å². The van der Waals surface area contributed by atoms with Gasteiger partial charge in [-0.15, -0.1) is 0 Å². The van der Waals surface area contributed by atoms with E-state index in [1.807, 2.05) is 12.1 Å². The summed E-state index contributed by atoms with van der Waals surface area (Å²) >= 11 is 24.4. The third kappa shape index (κ3) is 6.26. The van der Waals surface area contributed by atoms with Gasteiger partial charge in [-0.25, -0.2) is 0 Å². The number of allylic oxidation sites excluding steroid dienone is 4. The molecule has 0 amide bonds. The molecule has 0 saturated carbocycles. The van der Waals surface area contributed by atoms with Crippen molar-refractivity contribution in [3.05, 3.63) is 147 Å². The summed E-state index contributed by atoms with van der Waals surface area (Å²) in [5.74, 6) is 0. The molecule has 236 valence electrons. The van der Waals surface area contributed by atoms with Crippen LogP contribution in [0.2, 0.25) is 20.1 Å². The number of rotatable bonds is 4. The van der Waals surface area contributed by atoms with Crippen LogP contribution in [0, 0.1) is 13.8 Å². The molecule has 0 aliphatic heterocycles. The molecule has 6 rings (SSSR count). The predicted octanol–water partition coefficient (Wildman–Crippen LogP) is 13.3. The molecule has 0 nitrogen and oxygen atoms in total. The van der Waals surface area contributed by atoms with Gasteiger partial charge in [0.2, 0.25) is 0 Å². The van der Waals surface area contributed by atoms with Crippen LogP contribution in [-0.4, -0.2) is 3.21 Å². The van der Waals surface area contributed by atoms with Crippen LogP contribution in [0.15, 0.2) is 82.2 Å². The van der Waals surface area contributed by atoms with Gasteiger partial charge in [0.05, 0.1) is 0 Å². The Labute approximate surface area is 302 Å². The summed E-state index contributed by atoms with van der Waals surface area (Å²) < 4.78 is 3.11. The first-order valence-corrected chi connectivity index (χ1v) is 21.3. The monoisotopic (exact) mass is 762 g/mol. The van der Waals surface area contributed by atoms with Gasteiger partial charge in [0.25, 0.3) is 0 Å². The summed E-state index contributed by atoms with van der Waals surface area (Å²) in [7, 11) is 0. The molecule has 0 radical (unpaired) electrons. The van der Waals surface area contributed by atoms with E-state index >= 15 is 0 Å². The van der Waals surface area contributed by atoms with Crippen molar-refractivity contribution in [1.82, 2.24) is 0 Å². The normalized spacial score (nSPS) is 14.4. The van der Waals surface area contributed by atoms with E-state index in [-0.39, 0.29) is 14.5 Å². The summed E-state index contributed by atoms with van der Waals surface area (Å²) in [6.07, 6.45) is 7.85. The third-order valence-electron chi connectivity index (χ3n) is 9.58. The molecule has 5 heteroatoms. The Hall–Kier alpha value is -1.73. The number of benzene rings is 4. The van der Waals surface area contributed by atoms with E-state index in [4.69, 9.17) is 46.4 Å². The maximum atomic E-state index is 6.90. The summed E-state index contributed by atoms with van der Waals surface area (Å²) in [5.41, 5.74) is 12.6. The van der Waals surface area contributed by atoms with Crippen molar-refractivity contribution in [2.75, 3.05) is 0 Å². The Kier molecular flexibility index (Phi) is 9.37. The van der Waals surface area contributed by atoms with Gasteiger partial charge in [0.15, 0.2) is 0 Å². The molecule has 2 aliphatic carbocycles. The second-order valence-corrected chi connectivity index (χ2v) is 22.7. The van der Waals surface area contributed by atoms with Crippen LogP contribution < -0.4 is 0 Å². The van der Waals surface area contributed by atoms with Crippen molar-refractivity contribution in [1.29, 1.82) is 0 Å². The Morgan fingerprint density at radius 1 is 0.652 bits per heavy atom. The van der Waals surface area contributed by atoms with Gasteiger partial charge in [-0.1, -0.05) is 0 Å². The fraction of sp³-hybridized carbons (Fsp3) is 0.293. The second-order valence-electron chi connectivity index (χ2n) is 14.8. The first kappa shape index (κ1) is 34.1. The third-order valence-corrected chi connectivity index (χ3v) is 19.0. The molecule has 0 saturated heterocycles. The Morgan fingerprint density at radius 2 is 1.11 bits per heavy atom. The van der Waals surface area contributed by atoms with Gasteiger partial charge in [-0.2, -0.15) is 0 Å². The van der Waals surface area contributed by atoms with Crippen molar-refractivity contribution in [3.8, 4) is 11.1 Å². The Bertz CT molecular complexity index is 1870. The number of fused-ring (bicyclic) bond motifs is 3. The fourth-order valence-corrected chi connectivity index (χ4v) is 17.3. The summed E-state index contributed by atoms with van der Waals surface area (Å²) in [5, 5.41) is 2.60. The van der Waals surface area contributed by atoms with Crippen LogP contribution in [0.3, 0.4) is 0 Å². The summed E-state index contributed by atoms with van der Waals surface area (Å²) in [6.45, 7) is 18.0. The van der Waals surface area contributed by atoms with Crippen LogP contribution in [0.1, 0.15) is 96.1 Å². The molecule has 0 fully saturated rings. The Balaban J connectivity index is 1.80. The fourth-order valence-electron chi connectivity index (χ4n) is 6.88. The van der Waals surface area contributed by atoms with Gasteiger partial charge >= 0.3 is 305 Å². The van der Waals surface area contributed by atoms with Crippen molar-refractivity contribution in [2.24, 2.45) is 0 Å². The zero-order valence-corrected chi connectivity index (χ0v) is 33.3. The zero-order valence-electron chi connectivity index (χ0n) is 27.8. The maximum absolute atomic E-state index is 6.90. The molecule has 0 aromatic heterocycles. The van der Waals surface area contributed by atoms with Crippen molar-refractivity contribution >= 4 is 49.6 Å². The molecule has 0 unspecified atom stereocenters. The quantitative estimate of drug-likeness (QED) is 0.194. The molecule has 2 aliphatic rings. The first-order chi connectivity index (χ1) is 21.6. The first-order valence-electron chi connectivity index (χ1n) is 15.9. The molecule has 4 aromatic rings. The van der Waals surface area contributed by atoms with E-state index < -0.39 is 21.3 Å². The summed E-state index contributed by atoms with van der Waals surface area (Å²) in [4.78, 5) is 0. The molecular formula is C41H40Cl4Zr. The van der Waals surface area contributed by atoms with Crippen LogP contribution in [0.4, 0.5) is 0 Å². The van der Waals surface area contributed by atoms with Gasteiger partial charge < -0.3 is 0 Å². The summed E-state index contributed by atoms with van der Waals surface area (Å²) in [6, 6.07) is 22.4. The second kappa shape index (κ2) is 12.6. The molecule has 4 aromatic carbocycles. The minimum atomic E-state index is -3.03. The molecule has 0 N–H and O–H groups in total. The van der Waals surface area contributed by atoms with E-state index in [9.17, 15) is 0 Å². The SMILES string of the molecule is Cc1c(Cl)cc(Cl)cc1[C](c1cc(Cl)cc(Cl)c1C)=[Zr]([C]1=CC=CC1)[CH]1c2ccc(C(C)(C)C)cc2-c2cc(C(C)(C)C)ccc21. The van der Waals surface area contributed by atoms with E-state index in [0.29, 0.717) is 20.1 Å². The van der Waals surface area contributed by atoms with E-state index in [1.54, 1.807) is 0 Å². The van der Waals surface area contributed by atoms with Crippen LogP contribution >= 0.6 is 46.4 Å². The van der Waals surface area contributed by atoms with E-state index in [1.165, 1.54) is 39.9 Å². The topological polar surface area (TPSA) is 0 Å². The van der Waals surface area contributed by atoms with E-state index in [0.717, 1.165) is 28.7 Å². The number of hydrogen-bond donors (Lipinski definition) is 0. The molecule has 0 bridgehead atoms. The molecular weight excluding hydrogens is 725 g/mol. The van der Waals surface area contributed by atoms with E-state index in [2.05, 4.69) is 122 Å². The van der Waals surface area contributed by atoms with Crippen LogP contribution in [0.25, 0.3) is 11.1 Å². The van der Waals surface area contributed by atoms with Gasteiger partial charge in [0.1, 0.15) is 0 Å². The molecule has 0 atom stereocenters. The predicted molar refractivity (Wildman–Crippen MR) is 199 cm³/mol.